The second-order valence-corrected chi connectivity index (χ2v) is 9.47. The van der Waals surface area contributed by atoms with Crippen LogP contribution in [0.5, 0.6) is 5.75 Å². The molecule has 0 radical (unpaired) electrons. The smallest absolute Gasteiger partial charge is 0.234 e. The number of fused-ring (bicyclic) bond motifs is 1. The highest BCUT2D eigenvalue weighted by atomic mass is 32.2. The van der Waals surface area contributed by atoms with E-state index in [0.717, 1.165) is 12.8 Å². The molecule has 1 aromatic carbocycles. The first kappa shape index (κ1) is 18.3. The lowest BCUT2D eigenvalue weighted by Crippen LogP contribution is -2.38. The molecule has 0 aliphatic carbocycles. The largest absolute Gasteiger partial charge is 0.486 e. The summed E-state index contributed by atoms with van der Waals surface area (Å²) in [4.78, 5) is 0.638. The summed E-state index contributed by atoms with van der Waals surface area (Å²) in [6.45, 7) is 1.16. The Morgan fingerprint density at radius 3 is 2.81 bits per heavy atom. The third-order valence-corrected chi connectivity index (χ3v) is 6.59. The molecule has 3 aromatic rings. The van der Waals surface area contributed by atoms with E-state index in [1.165, 1.54) is 34.0 Å². The van der Waals surface area contributed by atoms with Crippen molar-refractivity contribution in [3.05, 3.63) is 40.9 Å². The van der Waals surface area contributed by atoms with Gasteiger partial charge in [-0.05, 0) is 37.1 Å². The van der Waals surface area contributed by atoms with Gasteiger partial charge < -0.3 is 4.74 Å². The van der Waals surface area contributed by atoms with Crippen LogP contribution in [0, 0.1) is 5.82 Å². The summed E-state index contributed by atoms with van der Waals surface area (Å²) >= 11 is 1.36. The fourth-order valence-corrected chi connectivity index (χ4v) is 4.78. The Labute approximate surface area is 159 Å². The fourth-order valence-electron chi connectivity index (χ4n) is 3.11. The van der Waals surface area contributed by atoms with Gasteiger partial charge in [-0.25, -0.2) is 17.1 Å². The molecule has 8 nitrogen and oxygen atoms in total. The molecule has 1 aliphatic rings. The average molecular weight is 411 g/mol. The third kappa shape index (κ3) is 3.94. The number of hydrogen-bond acceptors (Lipinski definition) is 7. The maximum atomic E-state index is 12.9. The Bertz CT molecular complexity index is 1050. The number of sulfonamides is 1. The maximum absolute atomic E-state index is 12.9. The zero-order valence-corrected chi connectivity index (χ0v) is 16.2. The van der Waals surface area contributed by atoms with Crippen molar-refractivity contribution in [3.63, 3.8) is 0 Å². The van der Waals surface area contributed by atoms with E-state index in [-0.39, 0.29) is 18.3 Å². The van der Waals surface area contributed by atoms with Crippen LogP contribution in [-0.4, -0.2) is 51.9 Å². The van der Waals surface area contributed by atoms with Gasteiger partial charge in [-0.3, -0.25) is 0 Å². The number of halogens is 1. The molecule has 1 atom stereocenters. The van der Waals surface area contributed by atoms with Crippen molar-refractivity contribution in [2.75, 3.05) is 19.3 Å². The van der Waals surface area contributed by atoms with Crippen LogP contribution < -0.4 is 4.74 Å². The Morgan fingerprint density at radius 1 is 1.30 bits per heavy atom. The van der Waals surface area contributed by atoms with Crippen LogP contribution in [0.25, 0.3) is 4.96 Å². The number of piperidine rings is 1. The van der Waals surface area contributed by atoms with E-state index in [1.54, 1.807) is 16.6 Å². The number of aromatic nitrogens is 4. The molecule has 4 rings (SSSR count). The Kier molecular flexibility index (Phi) is 4.82. The minimum atomic E-state index is -3.23. The average Bonchev–Trinajstić information content (AvgIpc) is 3.21. The summed E-state index contributed by atoms with van der Waals surface area (Å²) in [5, 5.41) is 13.6. The lowest BCUT2D eigenvalue weighted by atomic mass is 9.99. The molecule has 0 saturated carbocycles. The first-order chi connectivity index (χ1) is 12.9. The molecule has 11 heteroatoms. The van der Waals surface area contributed by atoms with Crippen molar-refractivity contribution in [1.82, 2.24) is 24.1 Å². The predicted molar refractivity (Wildman–Crippen MR) is 97.8 cm³/mol. The summed E-state index contributed by atoms with van der Waals surface area (Å²) in [7, 11) is -3.23. The molecular formula is C16H18FN5O3S2. The second kappa shape index (κ2) is 7.13. The van der Waals surface area contributed by atoms with E-state index in [2.05, 4.69) is 15.3 Å². The highest BCUT2D eigenvalue weighted by Gasteiger charge is 2.30. The number of ether oxygens (including phenoxy) is 1. The van der Waals surface area contributed by atoms with Crippen LogP contribution in [0.2, 0.25) is 0 Å². The van der Waals surface area contributed by atoms with Crippen LogP contribution in [-0.2, 0) is 16.6 Å². The summed E-state index contributed by atoms with van der Waals surface area (Å²) in [6.07, 6.45) is 2.84. The predicted octanol–water partition coefficient (Wildman–Crippen LogP) is 2.04. The van der Waals surface area contributed by atoms with Gasteiger partial charge in [0.25, 0.3) is 0 Å². The van der Waals surface area contributed by atoms with Gasteiger partial charge in [0.1, 0.15) is 18.2 Å². The van der Waals surface area contributed by atoms with E-state index in [4.69, 9.17) is 4.74 Å². The van der Waals surface area contributed by atoms with Crippen molar-refractivity contribution in [3.8, 4) is 5.75 Å². The van der Waals surface area contributed by atoms with Gasteiger partial charge in [0.05, 0.1) is 6.26 Å². The minimum Gasteiger partial charge on any atom is -0.486 e. The molecule has 1 saturated heterocycles. The molecule has 0 bridgehead atoms. The molecule has 1 aliphatic heterocycles. The number of hydrogen-bond donors (Lipinski definition) is 0. The highest BCUT2D eigenvalue weighted by Crippen LogP contribution is 2.28. The summed E-state index contributed by atoms with van der Waals surface area (Å²) in [5.74, 6) is 0.860. The second-order valence-electron chi connectivity index (χ2n) is 6.45. The Balaban J connectivity index is 1.51. The molecule has 144 valence electrons. The normalized spacial score (nSPS) is 18.8. The van der Waals surface area contributed by atoms with Crippen LogP contribution in [0.3, 0.4) is 0 Å². The van der Waals surface area contributed by atoms with Gasteiger partial charge in [0.15, 0.2) is 10.8 Å². The van der Waals surface area contributed by atoms with Crippen LogP contribution in [0.4, 0.5) is 4.39 Å². The van der Waals surface area contributed by atoms with Crippen LogP contribution >= 0.6 is 11.3 Å². The standard InChI is InChI=1S/C16H18FN5O3S2/c1-27(23,24)21-8-2-3-11(9-21)15-18-19-16-22(15)20-14(26-16)10-25-13-6-4-12(17)5-7-13/h4-7,11H,2-3,8-10H2,1H3. The van der Waals surface area contributed by atoms with Crippen molar-refractivity contribution in [2.45, 2.75) is 25.4 Å². The van der Waals surface area contributed by atoms with Gasteiger partial charge in [-0.1, -0.05) is 11.3 Å². The van der Waals surface area contributed by atoms with Gasteiger partial charge >= 0.3 is 0 Å². The van der Waals surface area contributed by atoms with E-state index >= 15 is 0 Å². The number of nitrogens with zero attached hydrogens (tertiary/aromatic N) is 5. The number of benzene rings is 1. The molecular weight excluding hydrogens is 393 g/mol. The first-order valence-electron chi connectivity index (χ1n) is 8.44. The Hall–Kier alpha value is -2.11. The van der Waals surface area contributed by atoms with Crippen LogP contribution in [0.1, 0.15) is 29.6 Å². The molecule has 0 N–H and O–H groups in total. The minimum absolute atomic E-state index is 0.0450. The van der Waals surface area contributed by atoms with Gasteiger partial charge in [-0.15, -0.1) is 10.2 Å². The molecule has 2 aromatic heterocycles. The summed E-state index contributed by atoms with van der Waals surface area (Å²) < 4.78 is 45.4. The fraction of sp³-hybridized carbons (Fsp3) is 0.438. The van der Waals surface area contributed by atoms with Gasteiger partial charge in [0.2, 0.25) is 15.0 Å². The third-order valence-electron chi connectivity index (χ3n) is 4.45. The summed E-state index contributed by atoms with van der Waals surface area (Å²) in [5.41, 5.74) is 0. The zero-order chi connectivity index (χ0) is 19.0. The lowest BCUT2D eigenvalue weighted by Gasteiger charge is -2.29. The highest BCUT2D eigenvalue weighted by molar-refractivity contribution is 7.88. The number of rotatable bonds is 5. The molecule has 27 heavy (non-hydrogen) atoms. The molecule has 0 amide bonds. The first-order valence-corrected chi connectivity index (χ1v) is 11.1. The SMILES string of the molecule is CS(=O)(=O)N1CCCC(c2nnc3sc(COc4ccc(F)cc4)nn23)C1. The van der Waals surface area contributed by atoms with E-state index in [1.807, 2.05) is 0 Å². The van der Waals surface area contributed by atoms with Crippen molar-refractivity contribution in [1.29, 1.82) is 0 Å². The molecule has 1 fully saturated rings. The van der Waals surface area contributed by atoms with Crippen molar-refractivity contribution < 1.29 is 17.5 Å². The van der Waals surface area contributed by atoms with E-state index in [9.17, 15) is 12.8 Å². The topological polar surface area (TPSA) is 89.7 Å². The van der Waals surface area contributed by atoms with Crippen molar-refractivity contribution >= 4 is 26.3 Å². The molecule has 3 heterocycles. The maximum Gasteiger partial charge on any atom is 0.234 e. The van der Waals surface area contributed by atoms with Gasteiger partial charge in [0, 0.05) is 19.0 Å². The lowest BCUT2D eigenvalue weighted by molar-refractivity contribution is 0.300. The van der Waals surface area contributed by atoms with E-state index in [0.29, 0.717) is 34.6 Å². The Morgan fingerprint density at radius 2 is 2.07 bits per heavy atom. The molecule has 1 unspecified atom stereocenters. The van der Waals surface area contributed by atoms with E-state index < -0.39 is 10.0 Å². The summed E-state index contributed by atoms with van der Waals surface area (Å²) in [6, 6.07) is 5.79. The van der Waals surface area contributed by atoms with Gasteiger partial charge in [-0.2, -0.15) is 9.61 Å². The monoisotopic (exact) mass is 411 g/mol. The quantitative estimate of drug-likeness (QED) is 0.638. The van der Waals surface area contributed by atoms with Crippen molar-refractivity contribution in [2.24, 2.45) is 0 Å². The zero-order valence-electron chi connectivity index (χ0n) is 14.6. The molecule has 0 spiro atoms. The van der Waals surface area contributed by atoms with Crippen LogP contribution in [0.15, 0.2) is 24.3 Å².